The molecular weight excluding hydrogens is 294 g/mol. The minimum absolute atomic E-state index is 0.384. The Hall–Kier alpha value is -3.02. The monoisotopic (exact) mass is 313 g/mol. The number of methoxy groups -OCH3 is 1. The molecule has 0 atom stereocenters. The van der Waals surface area contributed by atoms with Crippen LogP contribution in [0.1, 0.15) is 20.7 Å². The Balaban J connectivity index is 2.01. The third-order valence-electron chi connectivity index (χ3n) is 3.25. The van der Waals surface area contributed by atoms with Gasteiger partial charge in [0.05, 0.1) is 7.11 Å². The van der Waals surface area contributed by atoms with Crippen molar-refractivity contribution in [2.45, 2.75) is 0 Å². The molecule has 0 heterocycles. The first-order chi connectivity index (χ1) is 11.0. The van der Waals surface area contributed by atoms with Gasteiger partial charge in [0.25, 0.3) is 11.8 Å². The normalized spacial score (nSPS) is 9.87. The first kappa shape index (κ1) is 16.4. The van der Waals surface area contributed by atoms with Crippen molar-refractivity contribution in [2.75, 3.05) is 26.1 Å². The van der Waals surface area contributed by atoms with Gasteiger partial charge in [-0.25, -0.2) is 0 Å². The standard InChI is InChI=1S/C17H19N3O3/c1-20(2)14-8-4-6-12(10-14)16(21)18-19-17(22)13-7-5-9-15(11-13)23-3/h4-11H,1-3H3,(H,18,21)(H,19,22). The highest BCUT2D eigenvalue weighted by molar-refractivity contribution is 5.99. The van der Waals surface area contributed by atoms with Crippen LogP contribution < -0.4 is 20.5 Å². The van der Waals surface area contributed by atoms with Crippen molar-refractivity contribution >= 4 is 17.5 Å². The average Bonchev–Trinajstić information content (AvgIpc) is 2.59. The minimum atomic E-state index is -0.416. The van der Waals surface area contributed by atoms with E-state index in [0.717, 1.165) is 5.69 Å². The van der Waals surface area contributed by atoms with E-state index in [1.165, 1.54) is 7.11 Å². The fourth-order valence-corrected chi connectivity index (χ4v) is 1.95. The molecule has 0 aliphatic heterocycles. The predicted molar refractivity (Wildman–Crippen MR) is 88.7 cm³/mol. The van der Waals surface area contributed by atoms with Gasteiger partial charge in [0.15, 0.2) is 0 Å². The molecule has 2 N–H and O–H groups in total. The Morgan fingerprint density at radius 3 is 2.04 bits per heavy atom. The summed E-state index contributed by atoms with van der Waals surface area (Å²) in [5.74, 6) is -0.228. The van der Waals surface area contributed by atoms with E-state index in [2.05, 4.69) is 10.9 Å². The molecule has 0 radical (unpaired) electrons. The lowest BCUT2D eigenvalue weighted by Gasteiger charge is -2.13. The molecule has 2 aromatic rings. The van der Waals surface area contributed by atoms with Crippen LogP contribution in [0.2, 0.25) is 0 Å². The predicted octanol–water partition coefficient (Wildman–Crippen LogP) is 1.84. The largest absolute Gasteiger partial charge is 0.497 e. The zero-order valence-corrected chi connectivity index (χ0v) is 13.3. The van der Waals surface area contributed by atoms with Crippen LogP contribution in [0.4, 0.5) is 5.69 Å². The lowest BCUT2D eigenvalue weighted by atomic mass is 10.2. The number of hydrazine groups is 1. The SMILES string of the molecule is COc1cccc(C(=O)NNC(=O)c2cccc(N(C)C)c2)c1. The summed E-state index contributed by atoms with van der Waals surface area (Å²) in [6, 6.07) is 13.8. The third-order valence-corrected chi connectivity index (χ3v) is 3.25. The molecule has 0 aliphatic carbocycles. The van der Waals surface area contributed by atoms with Crippen LogP contribution in [-0.4, -0.2) is 33.0 Å². The number of anilines is 1. The van der Waals surface area contributed by atoms with Gasteiger partial charge in [-0.1, -0.05) is 12.1 Å². The maximum Gasteiger partial charge on any atom is 0.269 e. The zero-order chi connectivity index (χ0) is 16.8. The van der Waals surface area contributed by atoms with E-state index in [1.807, 2.05) is 25.1 Å². The van der Waals surface area contributed by atoms with E-state index < -0.39 is 5.91 Å². The van der Waals surface area contributed by atoms with Gasteiger partial charge in [-0.15, -0.1) is 0 Å². The molecule has 6 nitrogen and oxygen atoms in total. The highest BCUT2D eigenvalue weighted by Crippen LogP contribution is 2.14. The van der Waals surface area contributed by atoms with Crippen LogP contribution in [-0.2, 0) is 0 Å². The van der Waals surface area contributed by atoms with E-state index >= 15 is 0 Å². The Labute approximate surface area is 135 Å². The topological polar surface area (TPSA) is 70.7 Å². The molecule has 2 amide bonds. The van der Waals surface area contributed by atoms with Gasteiger partial charge in [0.2, 0.25) is 0 Å². The van der Waals surface area contributed by atoms with Crippen LogP contribution in [0.3, 0.4) is 0 Å². The fourth-order valence-electron chi connectivity index (χ4n) is 1.95. The molecule has 2 aromatic carbocycles. The summed E-state index contributed by atoms with van der Waals surface area (Å²) in [7, 11) is 5.31. The molecule has 0 spiro atoms. The Morgan fingerprint density at radius 1 is 0.913 bits per heavy atom. The number of hydrogen-bond acceptors (Lipinski definition) is 4. The van der Waals surface area contributed by atoms with Gasteiger partial charge in [-0.3, -0.25) is 20.4 Å². The summed E-state index contributed by atoms with van der Waals surface area (Å²) in [5.41, 5.74) is 6.55. The Morgan fingerprint density at radius 2 is 1.48 bits per heavy atom. The van der Waals surface area contributed by atoms with E-state index in [1.54, 1.807) is 42.5 Å². The van der Waals surface area contributed by atoms with Crippen LogP contribution >= 0.6 is 0 Å². The van der Waals surface area contributed by atoms with E-state index in [9.17, 15) is 9.59 Å². The number of benzene rings is 2. The number of ether oxygens (including phenoxy) is 1. The summed E-state index contributed by atoms with van der Waals surface area (Å²) < 4.78 is 5.06. The fraction of sp³-hybridized carbons (Fsp3) is 0.176. The molecular formula is C17H19N3O3. The van der Waals surface area contributed by atoms with Gasteiger partial charge in [-0.2, -0.15) is 0 Å². The molecule has 23 heavy (non-hydrogen) atoms. The molecule has 0 saturated carbocycles. The number of carbonyl (C=O) groups is 2. The Bertz CT molecular complexity index is 714. The summed E-state index contributed by atoms with van der Waals surface area (Å²) in [5, 5.41) is 0. The molecule has 0 fully saturated rings. The smallest absolute Gasteiger partial charge is 0.269 e. The van der Waals surface area contributed by atoms with Crippen molar-refractivity contribution in [3.8, 4) is 5.75 Å². The maximum atomic E-state index is 12.1. The number of nitrogens with zero attached hydrogens (tertiary/aromatic N) is 1. The maximum absolute atomic E-state index is 12.1. The summed E-state index contributed by atoms with van der Waals surface area (Å²) in [6.45, 7) is 0. The number of amides is 2. The summed E-state index contributed by atoms with van der Waals surface area (Å²) >= 11 is 0. The molecule has 120 valence electrons. The first-order valence-corrected chi connectivity index (χ1v) is 7.03. The summed E-state index contributed by atoms with van der Waals surface area (Å²) in [4.78, 5) is 26.0. The Kier molecular flexibility index (Phi) is 5.19. The number of hydrogen-bond donors (Lipinski definition) is 2. The number of rotatable bonds is 4. The van der Waals surface area contributed by atoms with E-state index in [0.29, 0.717) is 16.9 Å². The van der Waals surface area contributed by atoms with Crippen molar-refractivity contribution in [1.29, 1.82) is 0 Å². The van der Waals surface area contributed by atoms with Crippen LogP contribution in [0.25, 0.3) is 0 Å². The molecule has 0 aromatic heterocycles. The van der Waals surface area contributed by atoms with Gasteiger partial charge in [-0.05, 0) is 36.4 Å². The quantitative estimate of drug-likeness (QED) is 0.845. The zero-order valence-electron chi connectivity index (χ0n) is 13.3. The van der Waals surface area contributed by atoms with Crippen molar-refractivity contribution in [3.63, 3.8) is 0 Å². The minimum Gasteiger partial charge on any atom is -0.497 e. The highest BCUT2D eigenvalue weighted by Gasteiger charge is 2.10. The van der Waals surface area contributed by atoms with Gasteiger partial charge >= 0.3 is 0 Å². The summed E-state index contributed by atoms with van der Waals surface area (Å²) in [6.07, 6.45) is 0. The molecule has 0 saturated heterocycles. The lowest BCUT2D eigenvalue weighted by molar-refractivity contribution is 0.0846. The van der Waals surface area contributed by atoms with E-state index in [4.69, 9.17) is 4.74 Å². The molecule has 0 aliphatic rings. The van der Waals surface area contributed by atoms with Crippen molar-refractivity contribution in [3.05, 3.63) is 59.7 Å². The van der Waals surface area contributed by atoms with Gasteiger partial charge in [0, 0.05) is 30.9 Å². The third kappa shape index (κ3) is 4.23. The second-order valence-corrected chi connectivity index (χ2v) is 5.08. The highest BCUT2D eigenvalue weighted by atomic mass is 16.5. The molecule has 2 rings (SSSR count). The number of carbonyl (C=O) groups excluding carboxylic acids is 2. The molecule has 0 unspecified atom stereocenters. The second-order valence-electron chi connectivity index (χ2n) is 5.08. The van der Waals surface area contributed by atoms with E-state index in [-0.39, 0.29) is 5.91 Å². The molecule has 0 bridgehead atoms. The van der Waals surface area contributed by atoms with Crippen molar-refractivity contribution < 1.29 is 14.3 Å². The van der Waals surface area contributed by atoms with Crippen LogP contribution in [0.15, 0.2) is 48.5 Å². The lowest BCUT2D eigenvalue weighted by Crippen LogP contribution is -2.41. The van der Waals surface area contributed by atoms with Crippen molar-refractivity contribution in [2.24, 2.45) is 0 Å². The van der Waals surface area contributed by atoms with Crippen molar-refractivity contribution in [1.82, 2.24) is 10.9 Å². The number of nitrogens with one attached hydrogen (secondary N) is 2. The second kappa shape index (κ2) is 7.31. The van der Waals surface area contributed by atoms with Gasteiger partial charge < -0.3 is 9.64 Å². The van der Waals surface area contributed by atoms with Crippen LogP contribution in [0.5, 0.6) is 5.75 Å². The average molecular weight is 313 g/mol. The molecule has 6 heteroatoms. The first-order valence-electron chi connectivity index (χ1n) is 7.03. The van der Waals surface area contributed by atoms with Gasteiger partial charge in [0.1, 0.15) is 5.75 Å². The van der Waals surface area contributed by atoms with Crippen LogP contribution in [0, 0.1) is 0 Å².